The van der Waals surface area contributed by atoms with Gasteiger partial charge in [-0.15, -0.1) is 0 Å². The first-order valence-electron chi connectivity index (χ1n) is 24.3. The van der Waals surface area contributed by atoms with E-state index in [1.807, 2.05) is 12.1 Å². The molecule has 0 amide bonds. The lowest BCUT2D eigenvalue weighted by Gasteiger charge is -2.28. The van der Waals surface area contributed by atoms with Crippen molar-refractivity contribution in [1.82, 2.24) is 4.57 Å². The van der Waals surface area contributed by atoms with Crippen LogP contribution in [0, 0.1) is 0 Å². The molecule has 2 aromatic heterocycles. The van der Waals surface area contributed by atoms with Crippen LogP contribution in [-0.4, -0.2) is 4.57 Å². The Labute approximate surface area is 411 Å². The summed E-state index contributed by atoms with van der Waals surface area (Å²) in [4.78, 5) is 2.41. The molecule has 0 aliphatic carbocycles. The molecule has 12 aromatic carbocycles. The highest BCUT2D eigenvalue weighted by molar-refractivity contribution is 6.15. The summed E-state index contributed by atoms with van der Waals surface area (Å²) in [6.07, 6.45) is 0. The summed E-state index contributed by atoms with van der Waals surface area (Å²) >= 11 is 0. The first-order chi connectivity index (χ1) is 35.2. The van der Waals surface area contributed by atoms with E-state index in [-0.39, 0.29) is 0 Å². The Kier molecular flexibility index (Phi) is 9.53. The SMILES string of the molecule is c1cc(-c2ccc(-c3ccc(N(c4ccc(-c5ccc(-c6cccc7oc8ccccc8c67)cc5)cc4)c4cc5ccccc5c5ccccc45)cc3)cc2)cc(-n2c3ccccc3c3ccccc32)c1. The molecular weight excluding hydrogens is 861 g/mol. The summed E-state index contributed by atoms with van der Waals surface area (Å²) in [5.74, 6) is 0. The monoisotopic (exact) mass is 904 g/mol. The van der Waals surface area contributed by atoms with Gasteiger partial charge in [0, 0.05) is 44.0 Å². The Morgan fingerprint density at radius 3 is 1.39 bits per heavy atom. The van der Waals surface area contributed by atoms with E-state index >= 15 is 0 Å². The van der Waals surface area contributed by atoms with Gasteiger partial charge in [0.05, 0.1) is 16.7 Å². The topological polar surface area (TPSA) is 21.3 Å². The van der Waals surface area contributed by atoms with Gasteiger partial charge in [-0.25, -0.2) is 0 Å². The highest BCUT2D eigenvalue weighted by Crippen LogP contribution is 2.44. The van der Waals surface area contributed by atoms with E-state index in [0.717, 1.165) is 55.8 Å². The molecule has 71 heavy (non-hydrogen) atoms. The summed E-state index contributed by atoms with van der Waals surface area (Å²) < 4.78 is 8.60. The number of hydrogen-bond acceptors (Lipinski definition) is 2. The van der Waals surface area contributed by atoms with Crippen LogP contribution in [0.25, 0.3) is 115 Å². The van der Waals surface area contributed by atoms with E-state index < -0.39 is 0 Å². The Morgan fingerprint density at radius 2 is 0.761 bits per heavy atom. The zero-order chi connectivity index (χ0) is 46.8. The molecule has 3 heteroatoms. The second kappa shape index (κ2) is 16.7. The first kappa shape index (κ1) is 40.6. The van der Waals surface area contributed by atoms with E-state index in [0.29, 0.717) is 0 Å². The van der Waals surface area contributed by atoms with Crippen molar-refractivity contribution in [1.29, 1.82) is 0 Å². The number of fused-ring (bicyclic) bond motifs is 9. The van der Waals surface area contributed by atoms with Crippen LogP contribution in [0.5, 0.6) is 0 Å². The number of anilines is 3. The second-order valence-corrected chi connectivity index (χ2v) is 18.4. The van der Waals surface area contributed by atoms with Crippen molar-refractivity contribution >= 4 is 82.4 Å². The minimum absolute atomic E-state index is 0.908. The van der Waals surface area contributed by atoms with Gasteiger partial charge in [-0.3, -0.25) is 0 Å². The summed E-state index contributed by atoms with van der Waals surface area (Å²) in [5, 5.41) is 9.72. The number of benzene rings is 12. The van der Waals surface area contributed by atoms with Crippen LogP contribution in [0.2, 0.25) is 0 Å². The number of rotatable bonds is 8. The third-order valence-corrected chi connectivity index (χ3v) is 14.4. The van der Waals surface area contributed by atoms with Gasteiger partial charge in [0.25, 0.3) is 0 Å². The van der Waals surface area contributed by atoms with Gasteiger partial charge in [-0.2, -0.15) is 0 Å². The van der Waals surface area contributed by atoms with Crippen LogP contribution in [0.1, 0.15) is 0 Å². The lowest BCUT2D eigenvalue weighted by molar-refractivity contribution is 0.669. The highest BCUT2D eigenvalue weighted by Gasteiger charge is 2.19. The summed E-state index contributed by atoms with van der Waals surface area (Å²) in [6, 6.07) is 96.7. The largest absolute Gasteiger partial charge is 0.456 e. The Hall–Kier alpha value is -9.44. The predicted octanol–water partition coefficient (Wildman–Crippen LogP) is 19.1. The third kappa shape index (κ3) is 6.89. The van der Waals surface area contributed by atoms with Crippen LogP contribution < -0.4 is 4.90 Å². The van der Waals surface area contributed by atoms with Crippen molar-refractivity contribution in [3.63, 3.8) is 0 Å². The van der Waals surface area contributed by atoms with Crippen molar-refractivity contribution in [2.24, 2.45) is 0 Å². The molecule has 332 valence electrons. The maximum Gasteiger partial charge on any atom is 0.136 e. The maximum atomic E-state index is 6.22. The van der Waals surface area contributed by atoms with Gasteiger partial charge in [-0.1, -0.05) is 200 Å². The molecule has 0 radical (unpaired) electrons. The van der Waals surface area contributed by atoms with Crippen LogP contribution in [-0.2, 0) is 0 Å². The fourth-order valence-electron chi connectivity index (χ4n) is 11.0. The van der Waals surface area contributed by atoms with Gasteiger partial charge in [0.15, 0.2) is 0 Å². The first-order valence-corrected chi connectivity index (χ1v) is 24.3. The smallest absolute Gasteiger partial charge is 0.136 e. The van der Waals surface area contributed by atoms with Crippen LogP contribution in [0.4, 0.5) is 17.1 Å². The average Bonchev–Trinajstić information content (AvgIpc) is 4.00. The molecule has 0 unspecified atom stereocenters. The molecule has 0 aliphatic rings. The van der Waals surface area contributed by atoms with Gasteiger partial charge >= 0.3 is 0 Å². The molecule has 0 spiro atoms. The summed E-state index contributed by atoms with van der Waals surface area (Å²) in [6.45, 7) is 0. The zero-order valence-electron chi connectivity index (χ0n) is 38.7. The van der Waals surface area contributed by atoms with E-state index in [1.54, 1.807) is 0 Å². The van der Waals surface area contributed by atoms with Crippen molar-refractivity contribution in [2.75, 3.05) is 4.90 Å². The zero-order valence-corrected chi connectivity index (χ0v) is 38.7. The van der Waals surface area contributed by atoms with Crippen molar-refractivity contribution in [3.05, 3.63) is 267 Å². The Morgan fingerprint density at radius 1 is 0.296 bits per heavy atom. The standard InChI is InChI=1S/C68H44N2O/c1-2-16-56-52(13-1)44-65(59-18-4-3-17-58(56)59)69(54-41-37-48(38-42-54)46-31-33-50(34-32-46)57-22-12-26-67-68(57)62-21-7-10-25-66(62)71-67)53-39-35-47(36-40-53)45-27-29-49(30-28-45)51-14-11-15-55(43-51)70-63-23-8-5-19-60(63)61-20-6-9-24-64(61)70/h1-44H. The fourth-order valence-corrected chi connectivity index (χ4v) is 11.0. The average molecular weight is 905 g/mol. The molecule has 3 nitrogen and oxygen atoms in total. The number of para-hydroxylation sites is 3. The number of hydrogen-bond donors (Lipinski definition) is 0. The van der Waals surface area contributed by atoms with E-state index in [2.05, 4.69) is 264 Å². The highest BCUT2D eigenvalue weighted by atomic mass is 16.3. The molecule has 0 aliphatic heterocycles. The van der Waals surface area contributed by atoms with Crippen LogP contribution in [0.15, 0.2) is 271 Å². The fraction of sp³-hybridized carbons (Fsp3) is 0. The number of nitrogens with zero attached hydrogens (tertiary/aromatic N) is 2. The van der Waals surface area contributed by atoms with E-state index in [4.69, 9.17) is 4.42 Å². The molecule has 2 heterocycles. The molecule has 0 atom stereocenters. The molecule has 0 saturated heterocycles. The molecule has 14 aromatic rings. The molecule has 14 rings (SSSR count). The summed E-state index contributed by atoms with van der Waals surface area (Å²) in [5.41, 5.74) is 18.1. The molecular formula is C68H44N2O. The number of aromatic nitrogens is 1. The van der Waals surface area contributed by atoms with Crippen molar-refractivity contribution in [2.45, 2.75) is 0 Å². The molecule has 0 N–H and O–H groups in total. The lowest BCUT2D eigenvalue weighted by Crippen LogP contribution is -2.10. The molecule has 0 bridgehead atoms. The Balaban J connectivity index is 0.797. The van der Waals surface area contributed by atoms with Gasteiger partial charge < -0.3 is 13.9 Å². The third-order valence-electron chi connectivity index (χ3n) is 14.4. The second-order valence-electron chi connectivity index (χ2n) is 18.4. The Bertz CT molecular complexity index is 4260. The van der Waals surface area contributed by atoms with E-state index in [9.17, 15) is 0 Å². The van der Waals surface area contributed by atoms with E-state index in [1.165, 1.54) is 76.7 Å². The van der Waals surface area contributed by atoms with Crippen molar-refractivity contribution < 1.29 is 4.42 Å². The van der Waals surface area contributed by atoms with Gasteiger partial charge in [0.1, 0.15) is 11.2 Å². The maximum absolute atomic E-state index is 6.22. The normalized spacial score (nSPS) is 11.7. The van der Waals surface area contributed by atoms with Crippen LogP contribution in [0.3, 0.4) is 0 Å². The minimum Gasteiger partial charge on any atom is -0.456 e. The van der Waals surface area contributed by atoms with Crippen LogP contribution >= 0.6 is 0 Å². The van der Waals surface area contributed by atoms with Gasteiger partial charge in [0.2, 0.25) is 0 Å². The quantitative estimate of drug-likeness (QED) is 0.142. The van der Waals surface area contributed by atoms with Crippen molar-refractivity contribution in [3.8, 4) is 50.2 Å². The number of furan rings is 1. The lowest BCUT2D eigenvalue weighted by atomic mass is 9.96. The molecule has 0 saturated carbocycles. The van der Waals surface area contributed by atoms with Gasteiger partial charge in [-0.05, 0) is 127 Å². The minimum atomic E-state index is 0.908. The molecule has 0 fully saturated rings. The summed E-state index contributed by atoms with van der Waals surface area (Å²) in [7, 11) is 0. The predicted molar refractivity (Wildman–Crippen MR) is 299 cm³/mol.